The molecule has 3 aromatic rings. The van der Waals surface area contributed by atoms with Crippen LogP contribution in [0.15, 0.2) is 78.2 Å². The van der Waals surface area contributed by atoms with Crippen molar-refractivity contribution in [1.82, 2.24) is 0 Å². The van der Waals surface area contributed by atoms with Crippen molar-refractivity contribution < 1.29 is 23.7 Å². The van der Waals surface area contributed by atoms with Crippen molar-refractivity contribution >= 4 is 5.97 Å². The van der Waals surface area contributed by atoms with Gasteiger partial charge in [-0.05, 0) is 35.2 Å². The van der Waals surface area contributed by atoms with Gasteiger partial charge < -0.3 is 24.7 Å². The zero-order chi connectivity index (χ0) is 25.9. The number of nitrogens with zero attached hydrogens (tertiary/aromatic N) is 1. The van der Waals surface area contributed by atoms with Gasteiger partial charge in [0.15, 0.2) is 6.61 Å². The lowest BCUT2D eigenvalue weighted by molar-refractivity contribution is -0.136. The van der Waals surface area contributed by atoms with Gasteiger partial charge in [0.1, 0.15) is 34.6 Å². The van der Waals surface area contributed by atoms with Crippen molar-refractivity contribution in [2.45, 2.75) is 32.1 Å². The van der Waals surface area contributed by atoms with Crippen molar-refractivity contribution in [2.75, 3.05) is 13.7 Å². The summed E-state index contributed by atoms with van der Waals surface area (Å²) in [6.45, 7) is 6.14. The van der Waals surface area contributed by atoms with Crippen LogP contribution < -0.4 is 24.7 Å². The maximum absolute atomic E-state index is 12.4. The number of nitriles is 1. The highest BCUT2D eigenvalue weighted by molar-refractivity contribution is 5.74. The molecule has 184 valence electrons. The van der Waals surface area contributed by atoms with Gasteiger partial charge in [-0.15, -0.1) is 0 Å². The molecular formula is C29H28N2O5. The predicted molar refractivity (Wildman–Crippen MR) is 135 cm³/mol. The van der Waals surface area contributed by atoms with E-state index in [1.165, 1.54) is 5.56 Å². The number of allylic oxidation sites excluding steroid dienone is 1. The zero-order valence-corrected chi connectivity index (χ0v) is 20.7. The molecule has 0 aromatic heterocycles. The number of ether oxygens (including phenoxy) is 4. The second kappa shape index (κ2) is 10.0. The van der Waals surface area contributed by atoms with E-state index in [1.807, 2.05) is 48.5 Å². The Labute approximate surface area is 210 Å². The summed E-state index contributed by atoms with van der Waals surface area (Å²) in [5.74, 6) is 0.817. The molecule has 2 N–H and O–H groups in total. The molecular weight excluding hydrogens is 456 g/mol. The molecule has 7 heteroatoms. The molecule has 7 nitrogen and oxygen atoms in total. The van der Waals surface area contributed by atoms with Gasteiger partial charge in [0.05, 0.1) is 13.0 Å². The van der Waals surface area contributed by atoms with Crippen LogP contribution in [-0.2, 0) is 10.2 Å². The van der Waals surface area contributed by atoms with Crippen LogP contribution in [0.3, 0.4) is 0 Å². The van der Waals surface area contributed by atoms with Crippen LogP contribution in [0.25, 0.3) is 0 Å². The van der Waals surface area contributed by atoms with Gasteiger partial charge >= 0.3 is 5.97 Å². The maximum Gasteiger partial charge on any atom is 0.349 e. The molecule has 1 aliphatic heterocycles. The third kappa shape index (κ3) is 5.13. The second-order valence-electron chi connectivity index (χ2n) is 9.40. The zero-order valence-electron chi connectivity index (χ0n) is 20.7. The molecule has 0 fully saturated rings. The molecule has 0 bridgehead atoms. The quantitative estimate of drug-likeness (QED) is 0.379. The van der Waals surface area contributed by atoms with E-state index in [0.29, 0.717) is 22.8 Å². The lowest BCUT2D eigenvalue weighted by Crippen LogP contribution is -2.22. The average molecular weight is 485 g/mol. The van der Waals surface area contributed by atoms with Crippen molar-refractivity contribution in [1.29, 1.82) is 5.26 Å². The summed E-state index contributed by atoms with van der Waals surface area (Å²) >= 11 is 0. The van der Waals surface area contributed by atoms with Crippen molar-refractivity contribution in [3.8, 4) is 29.1 Å². The number of hydrogen-bond acceptors (Lipinski definition) is 7. The minimum absolute atomic E-state index is 0.00794. The normalized spacial score (nSPS) is 14.8. The summed E-state index contributed by atoms with van der Waals surface area (Å²) in [4.78, 5) is 12.4. The minimum Gasteiger partial charge on any atom is -0.496 e. The summed E-state index contributed by atoms with van der Waals surface area (Å²) in [6, 6.07) is 22.2. The number of methoxy groups -OCH3 is 1. The van der Waals surface area contributed by atoms with Gasteiger partial charge in [-0.1, -0.05) is 57.2 Å². The lowest BCUT2D eigenvalue weighted by Gasteiger charge is -2.27. The highest BCUT2D eigenvalue weighted by Gasteiger charge is 2.32. The van der Waals surface area contributed by atoms with Crippen LogP contribution in [0.5, 0.6) is 23.0 Å². The van der Waals surface area contributed by atoms with E-state index in [2.05, 4.69) is 26.8 Å². The molecule has 1 heterocycles. The first-order valence-electron chi connectivity index (χ1n) is 11.5. The number of carbonyl (C=O) groups is 1. The average Bonchev–Trinajstić information content (AvgIpc) is 2.86. The summed E-state index contributed by atoms with van der Waals surface area (Å²) in [5, 5.41) is 9.77. The second-order valence-corrected chi connectivity index (χ2v) is 9.40. The summed E-state index contributed by atoms with van der Waals surface area (Å²) in [6.07, 6.45) is 0. The minimum atomic E-state index is -0.562. The van der Waals surface area contributed by atoms with Gasteiger partial charge in [0, 0.05) is 17.2 Å². The molecule has 4 rings (SSSR count). The molecule has 1 aliphatic rings. The lowest BCUT2D eigenvalue weighted by atomic mass is 9.83. The van der Waals surface area contributed by atoms with Crippen molar-refractivity contribution in [3.05, 3.63) is 94.9 Å². The highest BCUT2D eigenvalue weighted by atomic mass is 16.6. The van der Waals surface area contributed by atoms with Gasteiger partial charge in [0.25, 0.3) is 0 Å². The first kappa shape index (κ1) is 24.7. The SMILES string of the molecule is COc1ccccc1C1C(C#N)=C(N)Oc2cc(OC(=O)COc3ccc(C(C)(C)C)cc3)ccc21. The third-order valence-corrected chi connectivity index (χ3v) is 5.95. The number of carbonyl (C=O) groups excluding carboxylic acids is 1. The number of nitrogens with two attached hydrogens (primary N) is 1. The molecule has 36 heavy (non-hydrogen) atoms. The van der Waals surface area contributed by atoms with Gasteiger partial charge in [-0.25, -0.2) is 4.79 Å². The Morgan fingerprint density at radius 2 is 1.72 bits per heavy atom. The Morgan fingerprint density at radius 1 is 1.03 bits per heavy atom. The van der Waals surface area contributed by atoms with E-state index in [4.69, 9.17) is 24.7 Å². The Morgan fingerprint density at radius 3 is 2.39 bits per heavy atom. The Bertz CT molecular complexity index is 1350. The number of para-hydroxylation sites is 1. The molecule has 0 spiro atoms. The van der Waals surface area contributed by atoms with Crippen molar-refractivity contribution in [2.24, 2.45) is 5.73 Å². The van der Waals surface area contributed by atoms with E-state index >= 15 is 0 Å². The first-order chi connectivity index (χ1) is 17.2. The Kier molecular flexibility index (Phi) is 6.89. The van der Waals surface area contributed by atoms with E-state index in [-0.39, 0.29) is 29.2 Å². The fourth-order valence-corrected chi connectivity index (χ4v) is 4.08. The molecule has 1 atom stereocenters. The van der Waals surface area contributed by atoms with E-state index in [9.17, 15) is 10.1 Å². The highest BCUT2D eigenvalue weighted by Crippen LogP contribution is 2.45. The standard InChI is InChI=1S/C29H28N2O5/c1-29(2,3)18-9-11-19(12-10-18)34-17-26(32)35-20-13-14-22-25(15-20)36-28(31)23(16-30)27(22)21-7-5-6-8-24(21)33-4/h5-15,27H,17,31H2,1-4H3. The number of rotatable bonds is 6. The molecule has 3 aromatic carbocycles. The smallest absolute Gasteiger partial charge is 0.349 e. The van der Waals surface area contributed by atoms with Crippen LogP contribution in [0, 0.1) is 11.3 Å². The largest absolute Gasteiger partial charge is 0.496 e. The van der Waals surface area contributed by atoms with Crippen molar-refractivity contribution in [3.63, 3.8) is 0 Å². The maximum atomic E-state index is 12.4. The monoisotopic (exact) mass is 484 g/mol. The third-order valence-electron chi connectivity index (χ3n) is 5.95. The topological polar surface area (TPSA) is 104 Å². The first-order valence-corrected chi connectivity index (χ1v) is 11.5. The van der Waals surface area contributed by atoms with Crippen LogP contribution >= 0.6 is 0 Å². The van der Waals surface area contributed by atoms with E-state index < -0.39 is 11.9 Å². The molecule has 0 aliphatic carbocycles. The number of benzene rings is 3. The summed E-state index contributed by atoms with van der Waals surface area (Å²) < 4.78 is 22.3. The molecule has 0 amide bonds. The summed E-state index contributed by atoms with van der Waals surface area (Å²) in [7, 11) is 1.57. The fraction of sp³-hybridized carbons (Fsp3) is 0.241. The molecule has 0 saturated heterocycles. The predicted octanol–water partition coefficient (Wildman–Crippen LogP) is 5.20. The Hall–Kier alpha value is -4.44. The van der Waals surface area contributed by atoms with Crippen LogP contribution in [0.1, 0.15) is 43.4 Å². The van der Waals surface area contributed by atoms with Crippen LogP contribution in [-0.4, -0.2) is 19.7 Å². The van der Waals surface area contributed by atoms with Gasteiger partial charge in [0.2, 0.25) is 5.88 Å². The fourth-order valence-electron chi connectivity index (χ4n) is 4.08. The van der Waals surface area contributed by atoms with Gasteiger partial charge in [-0.2, -0.15) is 5.26 Å². The summed E-state index contributed by atoms with van der Waals surface area (Å²) in [5.41, 5.74) is 9.06. The number of esters is 1. The molecule has 0 radical (unpaired) electrons. The number of hydrogen-bond donors (Lipinski definition) is 1. The van der Waals surface area contributed by atoms with Crippen LogP contribution in [0.4, 0.5) is 0 Å². The van der Waals surface area contributed by atoms with E-state index in [0.717, 1.165) is 5.56 Å². The Balaban J connectivity index is 1.51. The van der Waals surface area contributed by atoms with Gasteiger partial charge in [-0.3, -0.25) is 0 Å². The number of fused-ring (bicyclic) bond motifs is 1. The van der Waals surface area contributed by atoms with E-state index in [1.54, 1.807) is 25.3 Å². The molecule has 1 unspecified atom stereocenters. The van der Waals surface area contributed by atoms with Crippen LogP contribution in [0.2, 0.25) is 0 Å². The molecule has 0 saturated carbocycles.